The molecule has 0 aliphatic carbocycles. The van der Waals surface area contributed by atoms with Crippen molar-refractivity contribution in [3.8, 4) is 39.3 Å². The Morgan fingerprint density at radius 2 is 1.62 bits per heavy atom. The monoisotopic (exact) mass is 1430 g/mol. The highest BCUT2D eigenvalue weighted by molar-refractivity contribution is 7.66. The number of carbonyl (C=O) groups excluding carboxylic acids is 4. The van der Waals surface area contributed by atoms with Crippen molar-refractivity contribution in [1.29, 1.82) is 0 Å². The fourth-order valence-electron chi connectivity index (χ4n) is 10.0. The first-order chi connectivity index (χ1) is 46.9. The average Bonchev–Trinajstić information content (AvgIpc) is 1.17. The van der Waals surface area contributed by atoms with Gasteiger partial charge in [-0.05, 0) is 86.8 Å². The van der Waals surface area contributed by atoms with Gasteiger partial charge in [0.15, 0.2) is 6.23 Å². The molecule has 0 spiro atoms. The van der Waals surface area contributed by atoms with Crippen molar-refractivity contribution in [2.24, 2.45) is 5.11 Å². The van der Waals surface area contributed by atoms with Crippen LogP contribution in [0.25, 0.3) is 53.3 Å². The van der Waals surface area contributed by atoms with Crippen LogP contribution in [-0.2, 0) is 55.4 Å². The standard InChI is InChI=1S/C61H70N11O22P3S/c1-4-71(5-2)40-22-23-44-47(31-40)92-61(78)57(60-68-46-19-9-10-20-50(46)98-60)56(44)42-17-7-8-18-43(42)59(77)66-25-13-21-51(73)65-26-27-67-58(76)38-14-11-16-41(30-38)89-37-53(69-70-63)88-29-28-86-36-52(74)64-24-12-15-39-34-72(54(75)32-45(39)62)55-33-48(87-6-3)49(91-55)35-90-96(82,83)94-97(84,85)93-95(79,80)81/h7-11,14,16-20,22-23,30-32,34,48-49,53,55H,4-6,13,21,24-29,33,35-37,62H2,1-3H3,(H,64,74)(H,65,73)(H,66,77)(H,67,76)(H,82,83)(H,84,85)(H2,79,80,81). The van der Waals surface area contributed by atoms with Gasteiger partial charge in [-0.1, -0.05) is 53.4 Å². The summed E-state index contributed by atoms with van der Waals surface area (Å²) in [5, 5.41) is 15.6. The lowest BCUT2D eigenvalue weighted by molar-refractivity contribution is -0.126. The zero-order valence-electron chi connectivity index (χ0n) is 52.9. The summed E-state index contributed by atoms with van der Waals surface area (Å²) >= 11 is 1.35. The number of phosphoric acid groups is 3. The van der Waals surface area contributed by atoms with E-state index in [1.165, 1.54) is 23.6 Å². The number of hydrogen-bond donors (Lipinski definition) is 9. The molecule has 0 saturated carbocycles. The number of azide groups is 1. The molecule has 0 bridgehead atoms. The number of hydrogen-bond acceptors (Lipinski definition) is 23. The molecule has 33 nitrogen and oxygen atoms in total. The van der Waals surface area contributed by atoms with Crippen LogP contribution in [-0.4, -0.2) is 150 Å². The summed E-state index contributed by atoms with van der Waals surface area (Å²) in [6.45, 7) is 5.70. The number of thiazole rings is 1. The lowest BCUT2D eigenvalue weighted by atomic mass is 9.92. The van der Waals surface area contributed by atoms with Crippen LogP contribution in [0.1, 0.15) is 72.5 Å². The van der Waals surface area contributed by atoms with Gasteiger partial charge in [-0.2, -0.15) is 8.62 Å². The lowest BCUT2D eigenvalue weighted by Crippen LogP contribution is -2.35. The highest BCUT2D eigenvalue weighted by Gasteiger charge is 2.44. The number of rotatable bonds is 35. The van der Waals surface area contributed by atoms with Crippen molar-refractivity contribution in [1.82, 2.24) is 30.8 Å². The minimum Gasteiger partial charge on any atom is -0.491 e. The van der Waals surface area contributed by atoms with Crippen LogP contribution >= 0.6 is 34.8 Å². The van der Waals surface area contributed by atoms with Crippen LogP contribution in [0.4, 0.5) is 11.4 Å². The maximum absolute atomic E-state index is 14.1. The number of phosphoric ester groups is 1. The van der Waals surface area contributed by atoms with E-state index in [2.05, 4.69) is 56.7 Å². The first-order valence-corrected chi connectivity index (χ1v) is 35.7. The molecule has 1 aliphatic rings. The molecule has 4 heterocycles. The first kappa shape index (κ1) is 75.1. The molecule has 0 radical (unpaired) electrons. The van der Waals surface area contributed by atoms with Crippen molar-refractivity contribution in [2.75, 3.05) is 89.5 Å². The van der Waals surface area contributed by atoms with Gasteiger partial charge in [-0.25, -0.2) is 23.5 Å². The van der Waals surface area contributed by atoms with Crippen molar-refractivity contribution in [3.05, 3.63) is 151 Å². The third-order valence-electron chi connectivity index (χ3n) is 14.4. The van der Waals surface area contributed by atoms with Crippen LogP contribution < -0.4 is 47.8 Å². The van der Waals surface area contributed by atoms with E-state index in [0.29, 0.717) is 39.1 Å². The lowest BCUT2D eigenvalue weighted by Gasteiger charge is -2.21. The number of aromatic nitrogens is 2. The van der Waals surface area contributed by atoms with Crippen molar-refractivity contribution in [3.63, 3.8) is 0 Å². The zero-order valence-corrected chi connectivity index (χ0v) is 56.4. The second-order valence-corrected chi connectivity index (χ2v) is 26.6. The van der Waals surface area contributed by atoms with Gasteiger partial charge in [0.25, 0.3) is 17.4 Å². The van der Waals surface area contributed by atoms with Gasteiger partial charge < -0.3 is 79.6 Å². The molecule has 6 unspecified atom stereocenters. The Balaban J connectivity index is 0.728. The largest absolute Gasteiger partial charge is 0.491 e. The Morgan fingerprint density at radius 3 is 2.38 bits per heavy atom. The van der Waals surface area contributed by atoms with E-state index in [1.54, 1.807) is 49.4 Å². The molecule has 3 aromatic heterocycles. The van der Waals surface area contributed by atoms with Crippen molar-refractivity contribution in [2.45, 2.75) is 64.7 Å². The fourth-order valence-corrected chi connectivity index (χ4v) is 14.1. The van der Waals surface area contributed by atoms with E-state index >= 15 is 0 Å². The number of nitrogen functional groups attached to an aromatic ring is 1. The number of nitrogens with one attached hydrogen (secondary N) is 4. The number of nitrogens with two attached hydrogens (primary N) is 1. The molecule has 4 amide bonds. The van der Waals surface area contributed by atoms with Crippen LogP contribution in [0.15, 0.2) is 122 Å². The Labute approximate surface area is 562 Å². The quantitative estimate of drug-likeness (QED) is 0.00382. The van der Waals surface area contributed by atoms with Gasteiger partial charge >= 0.3 is 29.1 Å². The van der Waals surface area contributed by atoms with E-state index in [0.717, 1.165) is 39.6 Å². The van der Waals surface area contributed by atoms with Gasteiger partial charge in [0.05, 0.1) is 53.9 Å². The van der Waals surface area contributed by atoms with Gasteiger partial charge in [0, 0.05) is 103 Å². The van der Waals surface area contributed by atoms with Crippen molar-refractivity contribution >= 4 is 91.0 Å². The zero-order chi connectivity index (χ0) is 70.6. The molecule has 7 aromatic rings. The molecule has 1 saturated heterocycles. The SMILES string of the molecule is CCOC1CC(n2cc(C#CCNC(=O)COCCOC(COc3cccc(C(=O)NCCNC(=O)CCCNC(=O)c4ccccc4-c4c(-c5nc6ccccc6s5)c(=O)oc5cc(N(CC)CC)ccc45)c3)N=[N+]=[N-])c(N)cc2=O)OC1COP(=O)(O)OP(=O)(O)OP(=O)(O)O. The van der Waals surface area contributed by atoms with Gasteiger partial charge in [-0.3, -0.25) is 33.1 Å². The molecule has 8 rings (SSSR count). The van der Waals surface area contributed by atoms with Crippen LogP contribution in [0.2, 0.25) is 0 Å². The smallest absolute Gasteiger partial charge is 0.490 e. The molecule has 6 atom stereocenters. The summed E-state index contributed by atoms with van der Waals surface area (Å²) < 4.78 is 83.4. The maximum atomic E-state index is 14.1. The molecule has 1 aliphatic heterocycles. The number of pyridine rings is 1. The molecule has 4 aromatic carbocycles. The van der Waals surface area contributed by atoms with E-state index in [9.17, 15) is 52.2 Å². The molecule has 522 valence electrons. The Kier molecular flexibility index (Phi) is 27.0. The Hall–Kier alpha value is -8.67. The average molecular weight is 1430 g/mol. The summed E-state index contributed by atoms with van der Waals surface area (Å²) in [6.07, 6.45) is -2.67. The topological polar surface area (TPSA) is 465 Å². The highest BCUT2D eigenvalue weighted by atomic mass is 32.1. The molecule has 37 heteroatoms. The number of ether oxygens (including phenoxy) is 5. The van der Waals surface area contributed by atoms with Gasteiger partial charge in [0.2, 0.25) is 11.8 Å². The van der Waals surface area contributed by atoms with Gasteiger partial charge in [-0.15, -0.1) is 11.3 Å². The third kappa shape index (κ3) is 21.4. The van der Waals surface area contributed by atoms with E-state index in [-0.39, 0.29) is 99.5 Å². The number of nitrogens with zero attached hydrogens (tertiary/aromatic N) is 6. The van der Waals surface area contributed by atoms with Crippen LogP contribution in [0, 0.1) is 11.8 Å². The van der Waals surface area contributed by atoms with E-state index in [1.807, 2.05) is 56.3 Å². The fraction of sp³-hybridized carbons (Fsp3) is 0.361. The molecule has 98 heavy (non-hydrogen) atoms. The first-order valence-electron chi connectivity index (χ1n) is 30.3. The minimum atomic E-state index is -5.78. The van der Waals surface area contributed by atoms with Crippen molar-refractivity contribution < 1.29 is 93.7 Å². The van der Waals surface area contributed by atoms with Gasteiger partial charge in [0.1, 0.15) is 47.4 Å². The number of carbonyl (C=O) groups is 4. The number of fused-ring (bicyclic) bond motifs is 2. The normalized spacial score (nSPS) is 16.0. The van der Waals surface area contributed by atoms with E-state index in [4.69, 9.17) is 58.7 Å². The molecular weight excluding hydrogens is 1360 g/mol. The number of benzene rings is 4. The molecule has 10 N–H and O–H groups in total. The number of amides is 4. The summed E-state index contributed by atoms with van der Waals surface area (Å²) in [6, 6.07) is 27.5. The summed E-state index contributed by atoms with van der Waals surface area (Å²) in [5.74, 6) is 3.94. The summed E-state index contributed by atoms with van der Waals surface area (Å²) in [7, 11) is -16.9. The minimum absolute atomic E-state index is 0.0219. The Morgan fingerprint density at radius 1 is 0.867 bits per heavy atom. The summed E-state index contributed by atoms with van der Waals surface area (Å²) in [4.78, 5) is 126. The predicted molar refractivity (Wildman–Crippen MR) is 357 cm³/mol. The second-order valence-electron chi connectivity index (χ2n) is 21.1. The highest BCUT2D eigenvalue weighted by Crippen LogP contribution is 2.66. The predicted octanol–water partition coefficient (Wildman–Crippen LogP) is 6.64. The molecular formula is C61H70N11O22P3S. The third-order valence-corrected chi connectivity index (χ3v) is 19.3. The number of para-hydroxylation sites is 1. The van der Waals surface area contributed by atoms with Crippen LogP contribution in [0.3, 0.4) is 0 Å². The molecule has 1 fully saturated rings. The second kappa shape index (κ2) is 35.2. The Bertz CT molecular complexity index is 4380. The van der Waals surface area contributed by atoms with Crippen LogP contribution in [0.5, 0.6) is 5.75 Å². The maximum Gasteiger partial charge on any atom is 0.490 e. The summed E-state index contributed by atoms with van der Waals surface area (Å²) in [5.41, 5.74) is 17.9. The van der Waals surface area contributed by atoms with E-state index < -0.39 is 90.3 Å². The number of anilines is 2.